The minimum atomic E-state index is -0.386. The van der Waals surface area contributed by atoms with Crippen molar-refractivity contribution in [2.45, 2.75) is 19.6 Å². The average molecular weight is 397 g/mol. The summed E-state index contributed by atoms with van der Waals surface area (Å²) in [5, 5.41) is 12.0. The van der Waals surface area contributed by atoms with Crippen molar-refractivity contribution in [1.82, 2.24) is 25.1 Å². The zero-order valence-electron chi connectivity index (χ0n) is 15.9. The first-order valence-electron chi connectivity index (χ1n) is 9.32. The number of carbonyl (C=O) groups is 1. The highest BCUT2D eigenvalue weighted by atomic mass is 19.1. The molecule has 1 aromatic heterocycles. The van der Waals surface area contributed by atoms with Crippen LogP contribution in [0.4, 0.5) is 4.39 Å². The Balaban J connectivity index is 1.38. The van der Waals surface area contributed by atoms with Crippen molar-refractivity contribution < 1.29 is 18.7 Å². The molecule has 0 aliphatic carbocycles. The number of fused-ring (bicyclic) bond motifs is 1. The van der Waals surface area contributed by atoms with Crippen LogP contribution in [-0.4, -0.2) is 56.8 Å². The zero-order chi connectivity index (χ0) is 20.2. The summed E-state index contributed by atoms with van der Waals surface area (Å²) in [6.45, 7) is 3.08. The monoisotopic (exact) mass is 397 g/mol. The van der Waals surface area contributed by atoms with Crippen molar-refractivity contribution in [2.24, 2.45) is 0 Å². The molecule has 8 nitrogen and oxygen atoms in total. The van der Waals surface area contributed by atoms with E-state index in [1.165, 1.54) is 16.9 Å². The van der Waals surface area contributed by atoms with Gasteiger partial charge in [0.1, 0.15) is 19.0 Å². The molecule has 1 amide bonds. The number of benzene rings is 2. The van der Waals surface area contributed by atoms with E-state index in [1.54, 1.807) is 17.0 Å². The molecule has 0 saturated carbocycles. The first kappa shape index (κ1) is 18.9. The van der Waals surface area contributed by atoms with Gasteiger partial charge in [-0.2, -0.15) is 4.80 Å². The average Bonchev–Trinajstić information content (AvgIpc) is 3.20. The van der Waals surface area contributed by atoms with Crippen LogP contribution < -0.4 is 9.47 Å². The lowest BCUT2D eigenvalue weighted by Gasteiger charge is -2.30. The van der Waals surface area contributed by atoms with E-state index < -0.39 is 0 Å². The maximum Gasteiger partial charge on any atom is 0.246 e. The summed E-state index contributed by atoms with van der Waals surface area (Å²) in [4.78, 5) is 15.6. The molecule has 2 heterocycles. The van der Waals surface area contributed by atoms with Crippen molar-refractivity contribution in [3.8, 4) is 22.9 Å². The number of halogens is 1. The second-order valence-corrected chi connectivity index (χ2v) is 6.58. The molecule has 0 radical (unpaired) electrons. The van der Waals surface area contributed by atoms with E-state index >= 15 is 0 Å². The number of ether oxygens (including phenoxy) is 2. The molecule has 4 rings (SSSR count). The number of hydrogen-bond donors (Lipinski definition) is 0. The summed E-state index contributed by atoms with van der Waals surface area (Å²) >= 11 is 0. The standard InChI is InChI=1S/C20H20FN5O3/c1-2-25(11-16-13-28-17-8-3-4-9-18(17)29-16)19(27)12-26-23-20(22-24-26)14-6-5-7-15(21)10-14/h3-10,16H,2,11-13H2,1H3/t16-/m0/s1. The van der Waals surface area contributed by atoms with E-state index in [4.69, 9.17) is 9.47 Å². The number of aromatic nitrogens is 4. The van der Waals surface area contributed by atoms with Gasteiger partial charge in [0.2, 0.25) is 11.7 Å². The van der Waals surface area contributed by atoms with Crippen LogP contribution in [0.15, 0.2) is 48.5 Å². The van der Waals surface area contributed by atoms with Gasteiger partial charge in [0.15, 0.2) is 17.6 Å². The Morgan fingerprint density at radius 1 is 1.24 bits per heavy atom. The fourth-order valence-corrected chi connectivity index (χ4v) is 3.08. The maximum atomic E-state index is 13.4. The van der Waals surface area contributed by atoms with Crippen LogP contribution in [0.1, 0.15) is 6.92 Å². The molecule has 0 bridgehead atoms. The predicted octanol–water partition coefficient (Wildman–Crippen LogP) is 2.17. The Bertz CT molecular complexity index is 1010. The van der Waals surface area contributed by atoms with Gasteiger partial charge in [-0.05, 0) is 36.4 Å². The number of likely N-dealkylation sites (N-methyl/N-ethyl adjacent to an activating group) is 1. The van der Waals surface area contributed by atoms with Gasteiger partial charge in [-0.1, -0.05) is 24.3 Å². The molecular formula is C20H20FN5O3. The Hall–Kier alpha value is -3.49. The Morgan fingerprint density at radius 2 is 2.07 bits per heavy atom. The SMILES string of the molecule is CCN(C[C@H]1COc2ccccc2O1)C(=O)Cn1nnc(-c2cccc(F)c2)n1. The minimum Gasteiger partial charge on any atom is -0.486 e. The molecule has 9 heteroatoms. The topological polar surface area (TPSA) is 82.4 Å². The van der Waals surface area contributed by atoms with Crippen LogP contribution in [0.2, 0.25) is 0 Å². The number of amides is 1. The zero-order valence-corrected chi connectivity index (χ0v) is 15.9. The van der Waals surface area contributed by atoms with Crippen molar-refractivity contribution >= 4 is 5.91 Å². The first-order valence-corrected chi connectivity index (χ1v) is 9.32. The third-order valence-electron chi connectivity index (χ3n) is 4.54. The van der Waals surface area contributed by atoms with E-state index in [0.717, 1.165) is 0 Å². The van der Waals surface area contributed by atoms with Crippen molar-refractivity contribution in [1.29, 1.82) is 0 Å². The molecule has 0 fully saturated rings. The van der Waals surface area contributed by atoms with Crippen molar-refractivity contribution in [3.05, 3.63) is 54.3 Å². The van der Waals surface area contributed by atoms with Gasteiger partial charge < -0.3 is 14.4 Å². The third kappa shape index (κ3) is 4.34. The normalized spacial score (nSPS) is 15.2. The lowest BCUT2D eigenvalue weighted by Crippen LogP contribution is -2.44. The van der Waals surface area contributed by atoms with Crippen molar-refractivity contribution in [2.75, 3.05) is 19.7 Å². The highest BCUT2D eigenvalue weighted by Gasteiger charge is 2.25. The van der Waals surface area contributed by atoms with Gasteiger partial charge in [0.25, 0.3) is 0 Å². The van der Waals surface area contributed by atoms with Gasteiger partial charge >= 0.3 is 0 Å². The molecule has 0 unspecified atom stereocenters. The second kappa shape index (κ2) is 8.26. The van der Waals surface area contributed by atoms with Gasteiger partial charge in [0.05, 0.1) is 6.54 Å². The number of nitrogens with zero attached hydrogens (tertiary/aromatic N) is 5. The Labute approximate surface area is 166 Å². The smallest absolute Gasteiger partial charge is 0.246 e. The number of para-hydroxylation sites is 2. The molecule has 1 aliphatic heterocycles. The summed E-state index contributed by atoms with van der Waals surface area (Å²) in [5.74, 6) is 1.09. The summed E-state index contributed by atoms with van der Waals surface area (Å²) in [6.07, 6.45) is -0.264. The lowest BCUT2D eigenvalue weighted by molar-refractivity contribution is -0.133. The molecule has 150 valence electrons. The number of carbonyl (C=O) groups excluding carboxylic acids is 1. The lowest BCUT2D eigenvalue weighted by atomic mass is 10.2. The Morgan fingerprint density at radius 3 is 2.86 bits per heavy atom. The highest BCUT2D eigenvalue weighted by molar-refractivity contribution is 5.75. The molecule has 0 saturated heterocycles. The molecular weight excluding hydrogens is 377 g/mol. The molecule has 0 N–H and O–H groups in total. The molecule has 0 spiro atoms. The van der Waals surface area contributed by atoms with Gasteiger partial charge in [-0.25, -0.2) is 4.39 Å². The largest absolute Gasteiger partial charge is 0.486 e. The summed E-state index contributed by atoms with van der Waals surface area (Å²) < 4.78 is 25.0. The van der Waals surface area contributed by atoms with E-state index in [0.29, 0.717) is 36.8 Å². The van der Waals surface area contributed by atoms with Gasteiger partial charge in [-0.3, -0.25) is 4.79 Å². The third-order valence-corrected chi connectivity index (χ3v) is 4.54. The van der Waals surface area contributed by atoms with Crippen LogP contribution in [0, 0.1) is 5.82 Å². The predicted molar refractivity (Wildman–Crippen MR) is 102 cm³/mol. The number of tetrazole rings is 1. The molecule has 29 heavy (non-hydrogen) atoms. The minimum absolute atomic E-state index is 0.0691. The fourth-order valence-electron chi connectivity index (χ4n) is 3.08. The maximum absolute atomic E-state index is 13.4. The molecule has 1 aliphatic rings. The van der Waals surface area contributed by atoms with Gasteiger partial charge in [0, 0.05) is 12.1 Å². The van der Waals surface area contributed by atoms with E-state index in [9.17, 15) is 9.18 Å². The van der Waals surface area contributed by atoms with E-state index in [-0.39, 0.29) is 30.2 Å². The first-order chi connectivity index (χ1) is 14.1. The molecule has 3 aromatic rings. The van der Waals surface area contributed by atoms with Gasteiger partial charge in [-0.15, -0.1) is 10.2 Å². The van der Waals surface area contributed by atoms with Crippen LogP contribution >= 0.6 is 0 Å². The molecule has 2 aromatic carbocycles. The van der Waals surface area contributed by atoms with Crippen LogP contribution in [-0.2, 0) is 11.3 Å². The highest BCUT2D eigenvalue weighted by Crippen LogP contribution is 2.31. The summed E-state index contributed by atoms with van der Waals surface area (Å²) in [5.41, 5.74) is 0.502. The second-order valence-electron chi connectivity index (χ2n) is 6.58. The Kier molecular flexibility index (Phi) is 5.37. The van der Waals surface area contributed by atoms with Crippen molar-refractivity contribution in [3.63, 3.8) is 0 Å². The van der Waals surface area contributed by atoms with Crippen LogP contribution in [0.3, 0.4) is 0 Å². The quantitative estimate of drug-likeness (QED) is 0.634. The summed E-state index contributed by atoms with van der Waals surface area (Å²) in [6, 6.07) is 13.4. The van der Waals surface area contributed by atoms with E-state index in [2.05, 4.69) is 15.4 Å². The fraction of sp³-hybridized carbons (Fsp3) is 0.300. The van der Waals surface area contributed by atoms with Crippen LogP contribution in [0.25, 0.3) is 11.4 Å². The molecule has 1 atom stereocenters. The summed E-state index contributed by atoms with van der Waals surface area (Å²) in [7, 11) is 0. The number of rotatable bonds is 6. The number of hydrogen-bond acceptors (Lipinski definition) is 6. The van der Waals surface area contributed by atoms with E-state index in [1.807, 2.05) is 31.2 Å². The van der Waals surface area contributed by atoms with Crippen LogP contribution in [0.5, 0.6) is 11.5 Å².